The van der Waals surface area contributed by atoms with Crippen molar-refractivity contribution in [1.82, 2.24) is 0 Å². The lowest BCUT2D eigenvalue weighted by Gasteiger charge is -2.09. The molecule has 0 saturated carbocycles. The van der Waals surface area contributed by atoms with E-state index in [4.69, 9.17) is 15.7 Å². The normalized spacial score (nSPS) is 10.0. The number of ether oxygens (including phenoxy) is 1. The number of nitrogen functional groups attached to an aromatic ring is 1. The zero-order valence-electron chi connectivity index (χ0n) is 10.1. The molecule has 2 rings (SSSR count). The third kappa shape index (κ3) is 2.63. The van der Waals surface area contributed by atoms with E-state index in [1.54, 1.807) is 19.1 Å². The first kappa shape index (κ1) is 12.8. The Morgan fingerprint density at radius 3 is 2.53 bits per heavy atom. The van der Waals surface area contributed by atoms with Gasteiger partial charge in [-0.15, -0.1) is 0 Å². The molecule has 0 aliphatic heterocycles. The highest BCUT2D eigenvalue weighted by atomic mass is 19.1. The molecular weight excluding hydrogens is 250 g/mol. The SMILES string of the molecule is Cc1cc(Oc2cc(F)c(N)cc2F)ccc1C#N. The molecule has 0 saturated heterocycles. The number of hydrogen-bond acceptors (Lipinski definition) is 3. The van der Waals surface area contributed by atoms with Crippen LogP contribution in [0.5, 0.6) is 11.5 Å². The molecule has 2 aromatic carbocycles. The second kappa shape index (κ2) is 4.94. The van der Waals surface area contributed by atoms with E-state index in [9.17, 15) is 8.78 Å². The van der Waals surface area contributed by atoms with Crippen LogP contribution in [0.25, 0.3) is 0 Å². The van der Waals surface area contributed by atoms with Crippen LogP contribution in [0.4, 0.5) is 14.5 Å². The van der Waals surface area contributed by atoms with E-state index in [1.807, 2.05) is 6.07 Å². The highest BCUT2D eigenvalue weighted by Gasteiger charge is 2.10. The van der Waals surface area contributed by atoms with Gasteiger partial charge in [-0.1, -0.05) is 0 Å². The van der Waals surface area contributed by atoms with Crippen LogP contribution in [0, 0.1) is 29.9 Å². The van der Waals surface area contributed by atoms with Crippen LogP contribution in [0.3, 0.4) is 0 Å². The molecular formula is C14H10F2N2O. The number of halogens is 2. The topological polar surface area (TPSA) is 59.0 Å². The Bertz CT molecular complexity index is 678. The quantitative estimate of drug-likeness (QED) is 0.840. The van der Waals surface area contributed by atoms with Gasteiger partial charge in [0.15, 0.2) is 11.6 Å². The van der Waals surface area contributed by atoms with E-state index < -0.39 is 11.6 Å². The van der Waals surface area contributed by atoms with E-state index in [0.29, 0.717) is 16.9 Å². The van der Waals surface area contributed by atoms with Gasteiger partial charge in [-0.05, 0) is 30.7 Å². The number of aryl methyl sites for hydroxylation is 1. The molecule has 0 atom stereocenters. The molecule has 3 nitrogen and oxygen atoms in total. The van der Waals surface area contributed by atoms with E-state index in [1.165, 1.54) is 6.07 Å². The zero-order valence-corrected chi connectivity index (χ0v) is 10.1. The molecule has 0 amide bonds. The van der Waals surface area contributed by atoms with Gasteiger partial charge in [0.05, 0.1) is 17.3 Å². The maximum Gasteiger partial charge on any atom is 0.167 e. The van der Waals surface area contributed by atoms with Crippen molar-refractivity contribution in [2.75, 3.05) is 5.73 Å². The molecule has 0 spiro atoms. The van der Waals surface area contributed by atoms with Crippen LogP contribution in [-0.4, -0.2) is 0 Å². The highest BCUT2D eigenvalue weighted by molar-refractivity contribution is 5.47. The fourth-order valence-electron chi connectivity index (χ4n) is 1.57. The molecule has 5 heteroatoms. The van der Waals surface area contributed by atoms with Gasteiger partial charge in [-0.2, -0.15) is 5.26 Å². The first-order chi connectivity index (χ1) is 9.01. The maximum absolute atomic E-state index is 13.5. The fraction of sp³-hybridized carbons (Fsp3) is 0.0714. The third-order valence-electron chi connectivity index (χ3n) is 2.60. The van der Waals surface area contributed by atoms with Crippen LogP contribution < -0.4 is 10.5 Å². The van der Waals surface area contributed by atoms with Crippen molar-refractivity contribution < 1.29 is 13.5 Å². The van der Waals surface area contributed by atoms with Crippen molar-refractivity contribution >= 4 is 5.69 Å². The van der Waals surface area contributed by atoms with Gasteiger partial charge in [0.25, 0.3) is 0 Å². The summed E-state index contributed by atoms with van der Waals surface area (Å²) in [6.45, 7) is 1.73. The Kier molecular flexibility index (Phi) is 3.34. The third-order valence-corrected chi connectivity index (χ3v) is 2.60. The van der Waals surface area contributed by atoms with Crippen molar-refractivity contribution in [3.63, 3.8) is 0 Å². The van der Waals surface area contributed by atoms with E-state index >= 15 is 0 Å². The zero-order chi connectivity index (χ0) is 14.0. The summed E-state index contributed by atoms with van der Waals surface area (Å²) in [5.74, 6) is -1.43. The fourth-order valence-corrected chi connectivity index (χ4v) is 1.57. The summed E-state index contributed by atoms with van der Waals surface area (Å²) in [5, 5.41) is 8.80. The Morgan fingerprint density at radius 1 is 1.16 bits per heavy atom. The number of nitriles is 1. The molecule has 0 aromatic heterocycles. The molecule has 0 heterocycles. The minimum atomic E-state index is -0.749. The van der Waals surface area contributed by atoms with Gasteiger partial charge in [0.1, 0.15) is 11.6 Å². The molecule has 0 bridgehead atoms. The molecule has 2 aromatic rings. The lowest BCUT2D eigenvalue weighted by molar-refractivity contribution is 0.437. The van der Waals surface area contributed by atoms with E-state index in [0.717, 1.165) is 12.1 Å². The number of rotatable bonds is 2. The van der Waals surface area contributed by atoms with Crippen LogP contribution in [0.1, 0.15) is 11.1 Å². The van der Waals surface area contributed by atoms with E-state index in [2.05, 4.69) is 0 Å². The average molecular weight is 260 g/mol. The van der Waals surface area contributed by atoms with Crippen LogP contribution in [0.2, 0.25) is 0 Å². The molecule has 0 unspecified atom stereocenters. The molecule has 0 radical (unpaired) electrons. The number of nitrogens with two attached hydrogens (primary N) is 1. The Labute approximate surface area is 108 Å². The monoisotopic (exact) mass is 260 g/mol. The molecule has 2 N–H and O–H groups in total. The molecule has 19 heavy (non-hydrogen) atoms. The predicted molar refractivity (Wildman–Crippen MR) is 66.7 cm³/mol. The van der Waals surface area contributed by atoms with Crippen molar-refractivity contribution in [2.45, 2.75) is 6.92 Å². The largest absolute Gasteiger partial charge is 0.454 e. The van der Waals surface area contributed by atoms with Gasteiger partial charge < -0.3 is 10.5 Å². The first-order valence-corrected chi connectivity index (χ1v) is 5.44. The number of anilines is 1. The summed E-state index contributed by atoms with van der Waals surface area (Å²) in [5.41, 5.74) is 6.15. The van der Waals surface area contributed by atoms with Gasteiger partial charge >= 0.3 is 0 Å². The standard InChI is InChI=1S/C14H10F2N2O/c1-8-4-10(3-2-9(8)7-17)19-14-6-11(15)13(18)5-12(14)16/h2-6H,18H2,1H3. The molecule has 0 aliphatic carbocycles. The lowest BCUT2D eigenvalue weighted by atomic mass is 10.1. The van der Waals surface area contributed by atoms with Crippen LogP contribution >= 0.6 is 0 Å². The summed E-state index contributed by atoms with van der Waals surface area (Å²) in [6.07, 6.45) is 0. The van der Waals surface area contributed by atoms with Crippen molar-refractivity contribution in [3.05, 3.63) is 53.1 Å². The number of benzene rings is 2. The summed E-state index contributed by atoms with van der Waals surface area (Å²) < 4.78 is 32.0. The lowest BCUT2D eigenvalue weighted by Crippen LogP contribution is -1.96. The summed E-state index contributed by atoms with van der Waals surface area (Å²) in [6, 6.07) is 8.40. The minimum absolute atomic E-state index is 0.254. The molecule has 96 valence electrons. The van der Waals surface area contributed by atoms with Gasteiger partial charge in [0, 0.05) is 12.1 Å². The average Bonchev–Trinajstić information content (AvgIpc) is 2.36. The summed E-state index contributed by atoms with van der Waals surface area (Å²) >= 11 is 0. The summed E-state index contributed by atoms with van der Waals surface area (Å²) in [7, 11) is 0. The summed E-state index contributed by atoms with van der Waals surface area (Å²) in [4.78, 5) is 0. The Morgan fingerprint density at radius 2 is 1.89 bits per heavy atom. The smallest absolute Gasteiger partial charge is 0.167 e. The predicted octanol–water partition coefficient (Wildman–Crippen LogP) is 3.52. The minimum Gasteiger partial charge on any atom is -0.454 e. The number of nitrogens with zero attached hydrogens (tertiary/aromatic N) is 1. The molecule has 0 fully saturated rings. The van der Waals surface area contributed by atoms with Crippen LogP contribution in [-0.2, 0) is 0 Å². The number of hydrogen-bond donors (Lipinski definition) is 1. The second-order valence-electron chi connectivity index (χ2n) is 3.99. The maximum atomic E-state index is 13.5. The highest BCUT2D eigenvalue weighted by Crippen LogP contribution is 2.28. The van der Waals surface area contributed by atoms with Gasteiger partial charge in [-0.3, -0.25) is 0 Å². The second-order valence-corrected chi connectivity index (χ2v) is 3.99. The van der Waals surface area contributed by atoms with E-state index in [-0.39, 0.29) is 11.4 Å². The van der Waals surface area contributed by atoms with Crippen molar-refractivity contribution in [2.24, 2.45) is 0 Å². The first-order valence-electron chi connectivity index (χ1n) is 5.44. The van der Waals surface area contributed by atoms with Crippen molar-refractivity contribution in [1.29, 1.82) is 5.26 Å². The van der Waals surface area contributed by atoms with Gasteiger partial charge in [0.2, 0.25) is 0 Å². The van der Waals surface area contributed by atoms with Gasteiger partial charge in [-0.25, -0.2) is 8.78 Å². The van der Waals surface area contributed by atoms with Crippen LogP contribution in [0.15, 0.2) is 30.3 Å². The Hall–Kier alpha value is -2.61. The Balaban J connectivity index is 2.34. The molecule has 0 aliphatic rings. The van der Waals surface area contributed by atoms with Crippen molar-refractivity contribution in [3.8, 4) is 17.6 Å².